The fourth-order valence-corrected chi connectivity index (χ4v) is 3.70. The molecule has 5 nitrogen and oxygen atoms in total. The summed E-state index contributed by atoms with van der Waals surface area (Å²) in [5.74, 6) is 0.947. The first-order valence-corrected chi connectivity index (χ1v) is 8.41. The van der Waals surface area contributed by atoms with Crippen molar-refractivity contribution >= 4 is 0 Å². The molecule has 2 aliphatic rings. The average Bonchev–Trinajstić information content (AvgIpc) is 3.01. The minimum atomic E-state index is -0.204. The van der Waals surface area contributed by atoms with E-state index in [1.54, 1.807) is 6.07 Å². The number of para-hydroxylation sites is 1. The van der Waals surface area contributed by atoms with E-state index in [1.165, 1.54) is 0 Å². The van der Waals surface area contributed by atoms with E-state index in [-0.39, 0.29) is 12.1 Å². The standard InChI is InChI=1S/C18H24N2O3/c19-12-14-4-1-2-7-18(14)23-11-9-20-8-10-22-13-16(20)15-5-3-6-17(15)21/h1-2,4,7,15-17,21H,3,5-6,8-11,13H2/t15-,16+,17+/m0/s1. The summed E-state index contributed by atoms with van der Waals surface area (Å²) in [6.45, 7) is 3.62. The second-order valence-corrected chi connectivity index (χ2v) is 6.30. The molecule has 0 spiro atoms. The first-order chi connectivity index (χ1) is 11.3. The number of hydrogen-bond acceptors (Lipinski definition) is 5. The van der Waals surface area contributed by atoms with Crippen molar-refractivity contribution in [1.29, 1.82) is 5.26 Å². The summed E-state index contributed by atoms with van der Waals surface area (Å²) in [7, 11) is 0. The summed E-state index contributed by atoms with van der Waals surface area (Å²) in [6.07, 6.45) is 2.87. The Hall–Kier alpha value is -1.61. The van der Waals surface area contributed by atoms with Crippen LogP contribution in [0.5, 0.6) is 5.75 Å². The van der Waals surface area contributed by atoms with Crippen molar-refractivity contribution in [3.63, 3.8) is 0 Å². The highest BCUT2D eigenvalue weighted by Gasteiger charge is 2.37. The van der Waals surface area contributed by atoms with Crippen molar-refractivity contribution in [3.8, 4) is 11.8 Å². The van der Waals surface area contributed by atoms with Gasteiger partial charge >= 0.3 is 0 Å². The van der Waals surface area contributed by atoms with Crippen molar-refractivity contribution in [2.75, 3.05) is 32.9 Å². The lowest BCUT2D eigenvalue weighted by Gasteiger charge is -2.40. The normalized spacial score (nSPS) is 28.4. The van der Waals surface area contributed by atoms with Gasteiger partial charge < -0.3 is 14.6 Å². The molecule has 1 aromatic carbocycles. The zero-order chi connectivity index (χ0) is 16.1. The van der Waals surface area contributed by atoms with Gasteiger partial charge in [-0.25, -0.2) is 0 Å². The van der Waals surface area contributed by atoms with Crippen LogP contribution in [0.3, 0.4) is 0 Å². The Balaban J connectivity index is 1.56. The van der Waals surface area contributed by atoms with Gasteiger partial charge in [0, 0.05) is 25.0 Å². The zero-order valence-electron chi connectivity index (χ0n) is 13.4. The van der Waals surface area contributed by atoms with Crippen molar-refractivity contribution < 1.29 is 14.6 Å². The maximum Gasteiger partial charge on any atom is 0.137 e. The molecule has 1 aliphatic carbocycles. The Morgan fingerprint density at radius 1 is 1.35 bits per heavy atom. The highest BCUT2D eigenvalue weighted by Crippen LogP contribution is 2.32. The summed E-state index contributed by atoms with van der Waals surface area (Å²) >= 11 is 0. The number of rotatable bonds is 5. The first-order valence-electron chi connectivity index (χ1n) is 8.41. The highest BCUT2D eigenvalue weighted by atomic mass is 16.5. The lowest BCUT2D eigenvalue weighted by Crippen LogP contribution is -2.52. The maximum atomic E-state index is 10.2. The molecule has 0 unspecified atom stereocenters. The Bertz CT molecular complexity index is 557. The minimum Gasteiger partial charge on any atom is -0.491 e. The van der Waals surface area contributed by atoms with Crippen LogP contribution in [0, 0.1) is 17.2 Å². The predicted molar refractivity (Wildman–Crippen MR) is 86.2 cm³/mol. The molecule has 23 heavy (non-hydrogen) atoms. The fourth-order valence-electron chi connectivity index (χ4n) is 3.70. The highest BCUT2D eigenvalue weighted by molar-refractivity contribution is 5.42. The Labute approximate surface area is 137 Å². The van der Waals surface area contributed by atoms with E-state index in [1.807, 2.05) is 18.2 Å². The third-order valence-corrected chi connectivity index (χ3v) is 4.95. The number of aliphatic hydroxyl groups is 1. The monoisotopic (exact) mass is 316 g/mol. The maximum absolute atomic E-state index is 10.2. The van der Waals surface area contributed by atoms with Gasteiger partial charge in [-0.05, 0) is 25.0 Å². The van der Waals surface area contributed by atoms with Crippen LogP contribution >= 0.6 is 0 Å². The Morgan fingerprint density at radius 2 is 2.22 bits per heavy atom. The van der Waals surface area contributed by atoms with Crippen LogP contribution < -0.4 is 4.74 Å². The van der Waals surface area contributed by atoms with Gasteiger partial charge in [0.2, 0.25) is 0 Å². The number of hydrogen-bond donors (Lipinski definition) is 1. The third-order valence-electron chi connectivity index (χ3n) is 4.95. The molecule has 0 amide bonds. The fraction of sp³-hybridized carbons (Fsp3) is 0.611. The van der Waals surface area contributed by atoms with E-state index >= 15 is 0 Å². The summed E-state index contributed by atoms with van der Waals surface area (Å²) in [5, 5.41) is 19.3. The summed E-state index contributed by atoms with van der Waals surface area (Å²) < 4.78 is 11.4. The van der Waals surface area contributed by atoms with Crippen LogP contribution in [0.25, 0.3) is 0 Å². The van der Waals surface area contributed by atoms with Crippen LogP contribution in [0.4, 0.5) is 0 Å². The van der Waals surface area contributed by atoms with Gasteiger partial charge in [-0.15, -0.1) is 0 Å². The lowest BCUT2D eigenvalue weighted by molar-refractivity contribution is -0.0532. The molecule has 3 atom stereocenters. The van der Waals surface area contributed by atoms with Gasteiger partial charge in [-0.3, -0.25) is 4.90 Å². The van der Waals surface area contributed by atoms with Crippen molar-refractivity contribution in [3.05, 3.63) is 29.8 Å². The van der Waals surface area contributed by atoms with Gasteiger partial charge in [-0.1, -0.05) is 18.6 Å². The molecular formula is C18H24N2O3. The van der Waals surface area contributed by atoms with E-state index in [0.29, 0.717) is 30.4 Å². The molecule has 1 saturated heterocycles. The van der Waals surface area contributed by atoms with Gasteiger partial charge in [-0.2, -0.15) is 5.26 Å². The van der Waals surface area contributed by atoms with Crippen LogP contribution in [0.15, 0.2) is 24.3 Å². The molecule has 1 aromatic rings. The number of nitrogens with zero attached hydrogens (tertiary/aromatic N) is 2. The second-order valence-electron chi connectivity index (χ2n) is 6.30. The molecule has 2 fully saturated rings. The van der Waals surface area contributed by atoms with Crippen LogP contribution in [-0.2, 0) is 4.74 Å². The molecule has 1 N–H and O–H groups in total. The number of aliphatic hydroxyl groups excluding tert-OH is 1. The number of nitriles is 1. The van der Waals surface area contributed by atoms with Gasteiger partial charge in [0.15, 0.2) is 0 Å². The molecule has 0 bridgehead atoms. The number of benzene rings is 1. The first kappa shape index (κ1) is 16.3. The van der Waals surface area contributed by atoms with E-state index in [9.17, 15) is 5.11 Å². The van der Waals surface area contributed by atoms with E-state index in [4.69, 9.17) is 14.7 Å². The Morgan fingerprint density at radius 3 is 3.00 bits per heavy atom. The van der Waals surface area contributed by atoms with Gasteiger partial charge in [0.05, 0.1) is 24.9 Å². The summed E-state index contributed by atoms with van der Waals surface area (Å²) in [4.78, 5) is 2.37. The molecule has 1 saturated carbocycles. The van der Waals surface area contributed by atoms with E-state index in [2.05, 4.69) is 11.0 Å². The van der Waals surface area contributed by atoms with Gasteiger partial charge in [0.25, 0.3) is 0 Å². The molecule has 3 rings (SSSR count). The quantitative estimate of drug-likeness (QED) is 0.897. The Kier molecular flexibility index (Phi) is 5.50. The number of morpholine rings is 1. The van der Waals surface area contributed by atoms with Crippen LogP contribution in [0.1, 0.15) is 24.8 Å². The molecular weight excluding hydrogens is 292 g/mol. The summed E-state index contributed by atoms with van der Waals surface area (Å²) in [5.41, 5.74) is 0.567. The van der Waals surface area contributed by atoms with Crippen LogP contribution in [-0.4, -0.2) is 55.1 Å². The van der Waals surface area contributed by atoms with Crippen molar-refractivity contribution in [1.82, 2.24) is 4.90 Å². The second kappa shape index (κ2) is 7.78. The zero-order valence-corrected chi connectivity index (χ0v) is 13.4. The van der Waals surface area contributed by atoms with Crippen molar-refractivity contribution in [2.45, 2.75) is 31.4 Å². The van der Waals surface area contributed by atoms with Crippen LogP contribution in [0.2, 0.25) is 0 Å². The smallest absolute Gasteiger partial charge is 0.137 e. The van der Waals surface area contributed by atoms with E-state index < -0.39 is 0 Å². The largest absolute Gasteiger partial charge is 0.491 e. The third kappa shape index (κ3) is 3.84. The van der Waals surface area contributed by atoms with E-state index in [0.717, 1.165) is 39.0 Å². The predicted octanol–water partition coefficient (Wildman–Crippen LogP) is 1.80. The van der Waals surface area contributed by atoms with Gasteiger partial charge in [0.1, 0.15) is 18.4 Å². The lowest BCUT2D eigenvalue weighted by atomic mass is 9.94. The molecule has 0 aromatic heterocycles. The topological polar surface area (TPSA) is 65.7 Å². The minimum absolute atomic E-state index is 0.204. The molecule has 1 aliphatic heterocycles. The summed E-state index contributed by atoms with van der Waals surface area (Å²) in [6, 6.07) is 9.74. The molecule has 124 valence electrons. The molecule has 1 heterocycles. The SMILES string of the molecule is N#Cc1ccccc1OCCN1CCOC[C@@H]1[C@@H]1CCC[C@H]1O. The van der Waals surface area contributed by atoms with Crippen molar-refractivity contribution in [2.24, 2.45) is 5.92 Å². The average molecular weight is 316 g/mol. The number of ether oxygens (including phenoxy) is 2. The molecule has 5 heteroatoms. The molecule has 0 radical (unpaired) electrons.